The van der Waals surface area contributed by atoms with E-state index in [1.807, 2.05) is 0 Å². The van der Waals surface area contributed by atoms with Gasteiger partial charge in [0, 0.05) is 80.9 Å². The predicted octanol–water partition coefficient (Wildman–Crippen LogP) is 3.59. The van der Waals surface area contributed by atoms with Crippen LogP contribution in [0.3, 0.4) is 0 Å². The van der Waals surface area contributed by atoms with Crippen molar-refractivity contribution in [1.82, 2.24) is 19.6 Å². The molecule has 3 aromatic rings. The first kappa shape index (κ1) is 6.25. The van der Waals surface area contributed by atoms with E-state index in [-0.39, 0.29) is 0 Å². The van der Waals surface area contributed by atoms with Crippen molar-refractivity contribution in [1.29, 1.82) is 0 Å². The van der Waals surface area contributed by atoms with Crippen molar-refractivity contribution in [3.05, 3.63) is 57.1 Å². The molecular formula is C23H27FN4O2. The van der Waals surface area contributed by atoms with Crippen molar-refractivity contribution in [3.63, 3.8) is 0 Å². The van der Waals surface area contributed by atoms with Gasteiger partial charge in [0.25, 0.3) is 5.56 Å². The molecule has 2 aromatic heterocycles. The van der Waals surface area contributed by atoms with E-state index in [9.17, 15) is 9.18 Å². The zero-order valence-electron chi connectivity index (χ0n) is 38.7. The Hall–Kier alpha value is -2.54. The Labute approximate surface area is 208 Å². The highest BCUT2D eigenvalue weighted by atomic mass is 19.1. The summed E-state index contributed by atoms with van der Waals surface area (Å²) in [6.07, 6.45) is -25.0. The molecule has 2 aliphatic rings. The number of nitrogens with zero attached hydrogens (tertiary/aromatic N) is 4. The highest BCUT2D eigenvalue weighted by Gasteiger charge is 2.25. The van der Waals surface area contributed by atoms with Crippen LogP contribution in [0.15, 0.2) is 27.5 Å². The van der Waals surface area contributed by atoms with E-state index < -0.39 is 132 Å². The summed E-state index contributed by atoms with van der Waals surface area (Å²) in [5.41, 5.74) is -8.10. The molecule has 2 aliphatic heterocycles. The summed E-state index contributed by atoms with van der Waals surface area (Å²) in [5.74, 6) is -6.59. The molecule has 30 heavy (non-hydrogen) atoms. The fourth-order valence-corrected chi connectivity index (χ4v) is 2.65. The van der Waals surface area contributed by atoms with Crippen LogP contribution in [0.25, 0.3) is 11.0 Å². The molecule has 4 heterocycles. The van der Waals surface area contributed by atoms with Gasteiger partial charge in [-0.3, -0.25) is 9.36 Å². The number of benzene rings is 1. The smallest absolute Gasteiger partial charge is 0.256 e. The number of hydrogen-bond donors (Lipinski definition) is 0. The van der Waals surface area contributed by atoms with Gasteiger partial charge in [-0.05, 0) is 63.8 Å². The van der Waals surface area contributed by atoms with Gasteiger partial charge in [-0.25, -0.2) is 9.37 Å². The predicted molar refractivity (Wildman–Crippen MR) is 112 cm³/mol. The molecule has 1 aromatic carbocycles. The second kappa shape index (κ2) is 7.95. The molecule has 158 valence electrons. The van der Waals surface area contributed by atoms with Crippen molar-refractivity contribution in [2.24, 2.45) is 0 Å². The molecule has 1 fully saturated rings. The Morgan fingerprint density at radius 1 is 1.37 bits per heavy atom. The molecule has 6 nitrogen and oxygen atoms in total. The molecule has 0 radical (unpaired) electrons. The lowest BCUT2D eigenvalue weighted by Gasteiger charge is -2.31. The summed E-state index contributed by atoms with van der Waals surface area (Å²) in [5, 5.41) is 2.90. The van der Waals surface area contributed by atoms with Crippen LogP contribution in [0.4, 0.5) is 4.39 Å². The molecule has 0 atom stereocenters. The molecule has 0 aliphatic carbocycles. The van der Waals surface area contributed by atoms with Gasteiger partial charge in [-0.15, -0.1) is 0 Å². The maximum absolute atomic E-state index is 14.2. The standard InChI is InChI=1S/C23H27FN4O2/c1-15-18(23(29)28-10-3-2-4-21(28)25-15)9-13-27-11-7-16(8-12-27)22-19-6-5-17(24)14-20(19)30-26-22/h5-6,14,16H,2-4,7-13H2,1H3/i1D3,2D2,3D2,4D2,7D2,8D2,9D2,10D2,11D2,12D2,13D2,16D. The van der Waals surface area contributed by atoms with E-state index in [0.717, 1.165) is 12.1 Å². The first-order valence-corrected chi connectivity index (χ1v) is 8.28. The van der Waals surface area contributed by atoms with Crippen LogP contribution < -0.4 is 5.56 Å². The zero-order chi connectivity index (χ0) is 42.0. The Morgan fingerprint density at radius 2 is 2.23 bits per heavy atom. The molecule has 0 bridgehead atoms. The van der Waals surface area contributed by atoms with Crippen LogP contribution in [0.1, 0.15) is 87.1 Å². The maximum atomic E-state index is 14.2. The Balaban J connectivity index is 1.86. The average molecular weight is 435 g/mol. The third-order valence-corrected chi connectivity index (χ3v) is 4.04. The van der Waals surface area contributed by atoms with Gasteiger partial charge in [-0.2, -0.15) is 0 Å². The Morgan fingerprint density at radius 3 is 3.07 bits per heavy atom. The lowest BCUT2D eigenvalue weighted by Crippen LogP contribution is -2.37. The number of fused-ring (bicyclic) bond motifs is 2. The third-order valence-electron chi connectivity index (χ3n) is 4.04. The van der Waals surface area contributed by atoms with Gasteiger partial charge >= 0.3 is 0 Å². The minimum atomic E-state index is -4.71. The summed E-state index contributed by atoms with van der Waals surface area (Å²) in [6.45, 7) is -21.6. The third kappa shape index (κ3) is 3.55. The summed E-state index contributed by atoms with van der Waals surface area (Å²) in [7, 11) is 0. The van der Waals surface area contributed by atoms with Crippen molar-refractivity contribution < 1.29 is 41.8 Å². The van der Waals surface area contributed by atoms with Crippen molar-refractivity contribution in [2.75, 3.05) is 19.5 Å². The summed E-state index contributed by atoms with van der Waals surface area (Å²) in [4.78, 5) is 16.5. The molecular weight excluding hydrogens is 383 g/mol. The number of piperidine rings is 1. The van der Waals surface area contributed by atoms with Crippen LogP contribution in [0, 0.1) is 12.7 Å². The van der Waals surface area contributed by atoms with Crippen molar-refractivity contribution >= 4 is 11.0 Å². The van der Waals surface area contributed by atoms with Crippen LogP contribution in [0.2, 0.25) is 0 Å². The topological polar surface area (TPSA) is 64.2 Å². The SMILES string of the molecule is [2H]C([2H])([2H])c1nc2n(c(=O)c1C([2H])([2H])C([2H])([2H])N1C([2H])([2H])C([2H])([2H])C([2H])(c3noc4cc(F)ccc34)C([2H])([2H])C1([2H])[2H])C([2H])([2H])C([2H])([2H])C([2H])([2H])C2([2H])[2H]. The Bertz CT molecular complexity index is 2090. The van der Waals surface area contributed by atoms with Gasteiger partial charge in [-0.1, -0.05) is 5.16 Å². The average Bonchev–Trinajstić information content (AvgIpc) is 3.40. The zero-order valence-corrected chi connectivity index (χ0v) is 14.7. The normalized spacial score (nSPS) is 45.8. The first-order chi connectivity index (χ1) is 23.7. The quantitative estimate of drug-likeness (QED) is 0.628. The highest BCUT2D eigenvalue weighted by Crippen LogP contribution is 2.32. The van der Waals surface area contributed by atoms with Gasteiger partial charge in [0.2, 0.25) is 0 Å². The Kier molecular flexibility index (Phi) is 1.66. The number of hydrogen-bond acceptors (Lipinski definition) is 5. The number of halogens is 1. The number of likely N-dealkylation sites (tertiary alicyclic amines) is 1. The molecule has 0 N–H and O–H groups in total. The minimum absolute atomic E-state index is 0.508. The van der Waals surface area contributed by atoms with Crippen LogP contribution in [-0.2, 0) is 19.2 Å². The van der Waals surface area contributed by atoms with Crippen molar-refractivity contribution in [3.8, 4) is 0 Å². The molecule has 0 spiro atoms. The molecule has 1 saturated heterocycles. The van der Waals surface area contributed by atoms with Crippen LogP contribution in [-0.4, -0.2) is 39.1 Å². The van der Waals surface area contributed by atoms with E-state index >= 15 is 0 Å². The maximum Gasteiger partial charge on any atom is 0.256 e. The second-order valence-electron chi connectivity index (χ2n) is 5.88. The van der Waals surface area contributed by atoms with E-state index in [4.69, 9.17) is 37.4 Å². The number of rotatable bonds is 4. The second-order valence-corrected chi connectivity index (χ2v) is 5.88. The van der Waals surface area contributed by atoms with Gasteiger partial charge in [0.1, 0.15) is 11.6 Å². The highest BCUT2D eigenvalue weighted by molar-refractivity contribution is 5.79. The molecule has 0 saturated carbocycles. The molecule has 5 rings (SSSR count). The monoisotopic (exact) mass is 434 g/mol. The number of aryl methyl sites for hydroxylation is 2. The lowest BCUT2D eigenvalue weighted by molar-refractivity contribution is 0.211. The first-order valence-electron chi connectivity index (χ1n) is 20.3. The minimum Gasteiger partial charge on any atom is -0.356 e. The summed E-state index contributed by atoms with van der Waals surface area (Å²) < 4.78 is 222. The van der Waals surface area contributed by atoms with E-state index in [0.29, 0.717) is 6.07 Å². The van der Waals surface area contributed by atoms with Crippen molar-refractivity contribution in [2.45, 2.75) is 57.5 Å². The molecule has 0 amide bonds. The fraction of sp³-hybridized carbons (Fsp3) is 0.522. The lowest BCUT2D eigenvalue weighted by atomic mass is 9.91. The van der Waals surface area contributed by atoms with E-state index in [1.54, 1.807) is 0 Å². The van der Waals surface area contributed by atoms with Crippen LogP contribution >= 0.6 is 0 Å². The van der Waals surface area contributed by atoms with E-state index in [2.05, 4.69) is 10.1 Å². The molecule has 7 heteroatoms. The van der Waals surface area contributed by atoms with Gasteiger partial charge < -0.3 is 9.42 Å². The van der Waals surface area contributed by atoms with Crippen LogP contribution in [0.5, 0.6) is 0 Å². The largest absolute Gasteiger partial charge is 0.356 e. The van der Waals surface area contributed by atoms with Gasteiger partial charge in [0.05, 0.1) is 5.69 Å². The van der Waals surface area contributed by atoms with E-state index in [1.165, 1.54) is 0 Å². The number of aromatic nitrogens is 3. The van der Waals surface area contributed by atoms with Gasteiger partial charge in [0.15, 0.2) is 5.58 Å². The summed E-state index contributed by atoms with van der Waals surface area (Å²) >= 11 is 0. The summed E-state index contributed by atoms with van der Waals surface area (Å²) in [6, 6.07) is 2.24. The fourth-order valence-electron chi connectivity index (χ4n) is 2.65. The molecule has 0 unspecified atom stereocenters.